The standard InChI is InChI=1S/C13H10BrClFN/c14-10-2-1-3-12(16)13(10)11(15)8-9-4-6-17-7-5-9/h1-7,11H,8H2. The van der Waals surface area contributed by atoms with Crippen molar-refractivity contribution < 1.29 is 4.39 Å². The lowest BCUT2D eigenvalue weighted by molar-refractivity contribution is 0.604. The molecule has 0 bridgehead atoms. The van der Waals surface area contributed by atoms with Crippen LogP contribution in [0.5, 0.6) is 0 Å². The number of benzene rings is 1. The van der Waals surface area contributed by atoms with Gasteiger partial charge in [0.1, 0.15) is 5.82 Å². The Bertz CT molecular complexity index is 484. The molecule has 0 spiro atoms. The largest absolute Gasteiger partial charge is 0.265 e. The molecule has 0 N–H and O–H groups in total. The average Bonchev–Trinajstić information content (AvgIpc) is 2.30. The molecule has 2 rings (SSSR count). The monoisotopic (exact) mass is 313 g/mol. The third-order valence-corrected chi connectivity index (χ3v) is 3.54. The fraction of sp³-hybridized carbons (Fsp3) is 0.154. The highest BCUT2D eigenvalue weighted by atomic mass is 79.9. The molecular formula is C13H10BrClFN. The molecule has 88 valence electrons. The lowest BCUT2D eigenvalue weighted by Gasteiger charge is -2.12. The molecule has 0 fully saturated rings. The minimum absolute atomic E-state index is 0.284. The number of halogens is 3. The van der Waals surface area contributed by atoms with E-state index in [1.807, 2.05) is 12.1 Å². The van der Waals surface area contributed by atoms with E-state index in [2.05, 4.69) is 20.9 Å². The summed E-state index contributed by atoms with van der Waals surface area (Å²) in [6, 6.07) is 8.62. The van der Waals surface area contributed by atoms with Gasteiger partial charge in [0, 0.05) is 22.4 Å². The van der Waals surface area contributed by atoms with Gasteiger partial charge in [0.15, 0.2) is 0 Å². The fourth-order valence-corrected chi connectivity index (χ4v) is 2.79. The van der Waals surface area contributed by atoms with Crippen LogP contribution in [-0.2, 0) is 6.42 Å². The second kappa shape index (κ2) is 5.61. The van der Waals surface area contributed by atoms with Crippen molar-refractivity contribution in [1.82, 2.24) is 4.98 Å². The predicted molar refractivity (Wildman–Crippen MR) is 70.6 cm³/mol. The molecule has 0 aliphatic rings. The van der Waals surface area contributed by atoms with Crippen LogP contribution >= 0.6 is 27.5 Å². The topological polar surface area (TPSA) is 12.9 Å². The second-order valence-electron chi connectivity index (χ2n) is 3.66. The quantitative estimate of drug-likeness (QED) is 0.760. The maximum atomic E-state index is 13.7. The normalized spacial score (nSPS) is 12.4. The molecule has 0 aliphatic heterocycles. The maximum Gasteiger partial charge on any atom is 0.129 e. The van der Waals surface area contributed by atoms with E-state index in [1.54, 1.807) is 24.5 Å². The van der Waals surface area contributed by atoms with Crippen LogP contribution in [0.1, 0.15) is 16.5 Å². The summed E-state index contributed by atoms with van der Waals surface area (Å²) >= 11 is 9.59. The molecule has 1 heterocycles. The molecule has 0 amide bonds. The zero-order valence-electron chi connectivity index (χ0n) is 8.91. The Labute approximate surface area is 113 Å². The number of aromatic nitrogens is 1. The SMILES string of the molecule is Fc1cccc(Br)c1C(Cl)Cc1ccncc1. The Morgan fingerprint density at radius 3 is 2.59 bits per heavy atom. The van der Waals surface area contributed by atoms with Gasteiger partial charge < -0.3 is 0 Å². The van der Waals surface area contributed by atoms with E-state index in [1.165, 1.54) is 6.07 Å². The van der Waals surface area contributed by atoms with Crippen molar-refractivity contribution in [3.8, 4) is 0 Å². The third-order valence-electron chi connectivity index (χ3n) is 2.48. The molecule has 0 saturated heterocycles. The summed E-state index contributed by atoms with van der Waals surface area (Å²) in [6.07, 6.45) is 3.98. The summed E-state index contributed by atoms with van der Waals surface area (Å²) in [5, 5.41) is -0.395. The summed E-state index contributed by atoms with van der Waals surface area (Å²) in [7, 11) is 0. The summed E-state index contributed by atoms with van der Waals surface area (Å²) < 4.78 is 14.4. The Balaban J connectivity index is 2.23. The Hall–Kier alpha value is -0.930. The van der Waals surface area contributed by atoms with Gasteiger partial charge in [-0.05, 0) is 36.2 Å². The second-order valence-corrected chi connectivity index (χ2v) is 5.04. The van der Waals surface area contributed by atoms with Crippen LogP contribution in [0.2, 0.25) is 0 Å². The van der Waals surface area contributed by atoms with Crippen LogP contribution < -0.4 is 0 Å². The van der Waals surface area contributed by atoms with Gasteiger partial charge in [-0.1, -0.05) is 22.0 Å². The molecule has 1 aromatic heterocycles. The Kier molecular flexibility index (Phi) is 4.13. The van der Waals surface area contributed by atoms with E-state index in [0.717, 1.165) is 5.56 Å². The van der Waals surface area contributed by atoms with Crippen molar-refractivity contribution in [3.63, 3.8) is 0 Å². The van der Waals surface area contributed by atoms with E-state index < -0.39 is 5.38 Å². The summed E-state index contributed by atoms with van der Waals surface area (Å²) in [4.78, 5) is 3.93. The number of rotatable bonds is 3. The highest BCUT2D eigenvalue weighted by molar-refractivity contribution is 9.10. The van der Waals surface area contributed by atoms with Gasteiger partial charge in [-0.15, -0.1) is 11.6 Å². The summed E-state index contributed by atoms with van der Waals surface area (Å²) in [5.74, 6) is -0.284. The van der Waals surface area contributed by atoms with E-state index in [-0.39, 0.29) is 5.82 Å². The molecular weight excluding hydrogens is 305 g/mol. The lowest BCUT2D eigenvalue weighted by Crippen LogP contribution is -2.00. The van der Waals surface area contributed by atoms with Crippen molar-refractivity contribution in [2.45, 2.75) is 11.8 Å². The zero-order valence-corrected chi connectivity index (χ0v) is 11.2. The van der Waals surface area contributed by atoms with Gasteiger partial charge in [0.2, 0.25) is 0 Å². The van der Waals surface area contributed by atoms with Crippen LogP contribution in [0, 0.1) is 5.82 Å². The summed E-state index contributed by atoms with van der Waals surface area (Å²) in [6.45, 7) is 0. The highest BCUT2D eigenvalue weighted by Gasteiger charge is 2.16. The molecule has 0 aliphatic carbocycles. The third kappa shape index (κ3) is 3.05. The first-order valence-corrected chi connectivity index (χ1v) is 6.38. The van der Waals surface area contributed by atoms with Crippen molar-refractivity contribution in [1.29, 1.82) is 0 Å². The van der Waals surface area contributed by atoms with Gasteiger partial charge in [0.05, 0.1) is 5.38 Å². The molecule has 0 saturated carbocycles. The minimum atomic E-state index is -0.395. The van der Waals surface area contributed by atoms with Crippen LogP contribution in [0.4, 0.5) is 4.39 Å². The molecule has 4 heteroatoms. The number of alkyl halides is 1. The molecule has 2 aromatic rings. The number of pyridine rings is 1. The Morgan fingerprint density at radius 2 is 1.94 bits per heavy atom. The first kappa shape index (κ1) is 12.5. The number of hydrogen-bond donors (Lipinski definition) is 0. The fourth-order valence-electron chi connectivity index (χ4n) is 1.64. The van der Waals surface area contributed by atoms with Gasteiger partial charge in [0.25, 0.3) is 0 Å². The van der Waals surface area contributed by atoms with Crippen LogP contribution in [-0.4, -0.2) is 4.98 Å². The van der Waals surface area contributed by atoms with Crippen molar-refractivity contribution in [2.75, 3.05) is 0 Å². The zero-order chi connectivity index (χ0) is 12.3. The molecule has 17 heavy (non-hydrogen) atoms. The van der Waals surface area contributed by atoms with Gasteiger partial charge >= 0.3 is 0 Å². The minimum Gasteiger partial charge on any atom is -0.265 e. The lowest BCUT2D eigenvalue weighted by atomic mass is 10.0. The first-order valence-electron chi connectivity index (χ1n) is 5.15. The van der Waals surface area contributed by atoms with Crippen LogP contribution in [0.25, 0.3) is 0 Å². The molecule has 0 radical (unpaired) electrons. The van der Waals surface area contributed by atoms with Crippen molar-refractivity contribution in [2.24, 2.45) is 0 Å². The smallest absolute Gasteiger partial charge is 0.129 e. The first-order chi connectivity index (χ1) is 8.18. The van der Waals surface area contributed by atoms with E-state index >= 15 is 0 Å². The van der Waals surface area contributed by atoms with Crippen LogP contribution in [0.15, 0.2) is 47.2 Å². The summed E-state index contributed by atoms with van der Waals surface area (Å²) in [5.41, 5.74) is 1.54. The number of nitrogens with zero attached hydrogens (tertiary/aromatic N) is 1. The van der Waals surface area contributed by atoms with Gasteiger partial charge in [-0.3, -0.25) is 4.98 Å². The highest BCUT2D eigenvalue weighted by Crippen LogP contribution is 2.32. The molecule has 1 nitrogen and oxygen atoms in total. The average molecular weight is 315 g/mol. The van der Waals surface area contributed by atoms with E-state index in [0.29, 0.717) is 16.5 Å². The van der Waals surface area contributed by atoms with Gasteiger partial charge in [-0.25, -0.2) is 4.39 Å². The van der Waals surface area contributed by atoms with E-state index in [4.69, 9.17) is 11.6 Å². The predicted octanol–water partition coefficient (Wildman–Crippen LogP) is 4.51. The van der Waals surface area contributed by atoms with E-state index in [9.17, 15) is 4.39 Å². The van der Waals surface area contributed by atoms with Crippen molar-refractivity contribution >= 4 is 27.5 Å². The van der Waals surface area contributed by atoms with Crippen LogP contribution in [0.3, 0.4) is 0 Å². The van der Waals surface area contributed by atoms with Crippen molar-refractivity contribution in [3.05, 3.63) is 64.1 Å². The maximum absolute atomic E-state index is 13.7. The molecule has 1 unspecified atom stereocenters. The molecule has 1 atom stereocenters. The molecule has 1 aromatic carbocycles. The van der Waals surface area contributed by atoms with Gasteiger partial charge in [-0.2, -0.15) is 0 Å². The Morgan fingerprint density at radius 1 is 1.24 bits per heavy atom. The number of hydrogen-bond acceptors (Lipinski definition) is 1.